The molecule has 8 nitrogen and oxygen atoms in total. The Morgan fingerprint density at radius 3 is 1.81 bits per heavy atom. The molecule has 0 spiro atoms. The van der Waals surface area contributed by atoms with Crippen molar-refractivity contribution in [3.05, 3.63) is 29.8 Å². The zero-order valence-electron chi connectivity index (χ0n) is 18.3. The lowest BCUT2D eigenvalue weighted by Crippen LogP contribution is -2.43. The molecule has 2 unspecified atom stereocenters. The van der Waals surface area contributed by atoms with Gasteiger partial charge in [0.15, 0.2) is 6.10 Å². The number of carbonyl (C=O) groups excluding carboxylic acids is 1. The summed E-state index contributed by atoms with van der Waals surface area (Å²) in [7, 11) is -9.66. The second-order valence-corrected chi connectivity index (χ2v) is 10.6. The average Bonchev–Trinajstić information content (AvgIpc) is 2.66. The Balaban J connectivity index is 0.000000590. The van der Waals surface area contributed by atoms with Crippen LogP contribution in [0.3, 0.4) is 0 Å². The van der Waals surface area contributed by atoms with Gasteiger partial charge in [-0.3, -0.25) is 13.9 Å². The molecule has 0 aliphatic rings. The first-order valence-corrected chi connectivity index (χ1v) is 12.3. The maximum atomic E-state index is 13.1. The molecule has 0 bridgehead atoms. The monoisotopic (exact) mass is 488 g/mol. The smallest absolute Gasteiger partial charge is 0.405 e. The minimum atomic E-state index is -5.61. The normalized spacial score (nSPS) is 14.8. The van der Waals surface area contributed by atoms with Crippen LogP contribution < -0.4 is 0 Å². The molecule has 0 heterocycles. The van der Waals surface area contributed by atoms with E-state index in [2.05, 4.69) is 18.6 Å². The lowest BCUT2D eigenvalue weighted by Gasteiger charge is -2.26. The van der Waals surface area contributed by atoms with Crippen LogP contribution in [-0.4, -0.2) is 43.3 Å². The lowest BCUT2D eigenvalue weighted by molar-refractivity contribution is -0.170. The highest BCUT2D eigenvalue weighted by Crippen LogP contribution is 2.30. The molecule has 0 radical (unpaired) electrons. The van der Waals surface area contributed by atoms with E-state index in [0.29, 0.717) is 19.3 Å². The van der Waals surface area contributed by atoms with Gasteiger partial charge in [0.1, 0.15) is 0 Å². The maximum absolute atomic E-state index is 13.1. The topological polar surface area (TPSA) is 135 Å². The first kappa shape index (κ1) is 29.4. The van der Waals surface area contributed by atoms with E-state index < -0.39 is 43.0 Å². The predicted octanol–water partition coefficient (Wildman–Crippen LogP) is 4.28. The first-order chi connectivity index (χ1) is 13.8. The third-order valence-electron chi connectivity index (χ3n) is 4.90. The van der Waals surface area contributed by atoms with Crippen LogP contribution in [0.25, 0.3) is 0 Å². The number of rotatable bonds is 8. The van der Waals surface area contributed by atoms with E-state index in [-0.39, 0.29) is 4.90 Å². The molecule has 0 saturated carbocycles. The molecule has 2 N–H and O–H groups in total. The summed E-state index contributed by atoms with van der Waals surface area (Å²) in [6, 6.07) is 6.32. The zero-order chi connectivity index (χ0) is 24.8. The number of ether oxygens (including phenoxy) is 1. The van der Waals surface area contributed by atoms with E-state index in [0.717, 1.165) is 12.0 Å². The molecular formula is C19H30F2O8S2. The van der Waals surface area contributed by atoms with Crippen LogP contribution in [0.2, 0.25) is 0 Å². The third kappa shape index (κ3) is 8.43. The zero-order valence-corrected chi connectivity index (χ0v) is 19.9. The number of alkyl halides is 2. The van der Waals surface area contributed by atoms with Crippen molar-refractivity contribution in [3.63, 3.8) is 0 Å². The highest BCUT2D eigenvalue weighted by Gasteiger charge is 2.52. The van der Waals surface area contributed by atoms with Crippen molar-refractivity contribution in [3.8, 4) is 0 Å². The van der Waals surface area contributed by atoms with Crippen LogP contribution in [-0.2, 0) is 29.8 Å². The lowest BCUT2D eigenvalue weighted by atomic mass is 9.91. The Morgan fingerprint density at radius 1 is 1.03 bits per heavy atom. The number of carbonyl (C=O) groups is 1. The second kappa shape index (κ2) is 10.8. The molecule has 0 amide bonds. The standard InChI is InChI=1S/C10H14O3S.C9H16F2O5S/c1-3-8(2)9-4-6-10(7-5-9)14(11,12)13;1-5-8(3,4)7(12)16-6(2)9(10,11)17(13,14)15/h4-8H,3H2,1-2H3,(H,11,12,13);6H,5H2,1-4H3,(H,13,14,15). The summed E-state index contributed by atoms with van der Waals surface area (Å²) in [4.78, 5) is 11.4. The van der Waals surface area contributed by atoms with Crippen molar-refractivity contribution in [2.24, 2.45) is 5.41 Å². The van der Waals surface area contributed by atoms with Crippen LogP contribution in [0.15, 0.2) is 29.2 Å². The fourth-order valence-electron chi connectivity index (χ4n) is 1.95. The Morgan fingerprint density at radius 2 is 1.48 bits per heavy atom. The van der Waals surface area contributed by atoms with E-state index >= 15 is 0 Å². The van der Waals surface area contributed by atoms with Crippen molar-refractivity contribution < 1.29 is 44.3 Å². The summed E-state index contributed by atoms with van der Waals surface area (Å²) in [6.45, 7) is 9.47. The number of benzene rings is 1. The molecule has 1 aromatic carbocycles. The minimum Gasteiger partial charge on any atom is -0.455 e. The Hall–Kier alpha value is -1.63. The van der Waals surface area contributed by atoms with E-state index in [9.17, 15) is 30.4 Å². The van der Waals surface area contributed by atoms with Crippen LogP contribution >= 0.6 is 0 Å². The summed E-state index contributed by atoms with van der Waals surface area (Å²) in [6.07, 6.45) is -0.905. The summed E-state index contributed by atoms with van der Waals surface area (Å²) in [5.74, 6) is -0.540. The molecular weight excluding hydrogens is 458 g/mol. The van der Waals surface area contributed by atoms with Crippen LogP contribution in [0.4, 0.5) is 8.78 Å². The van der Waals surface area contributed by atoms with E-state index in [4.69, 9.17) is 9.11 Å². The van der Waals surface area contributed by atoms with E-state index in [1.807, 2.05) is 0 Å². The van der Waals surface area contributed by atoms with Crippen LogP contribution in [0, 0.1) is 5.41 Å². The number of halogens is 2. The Bertz CT molecular complexity index is 940. The molecule has 1 rings (SSSR count). The SMILES string of the molecule is CCC(C)(C)C(=O)OC(C)C(F)(F)S(=O)(=O)O.CCC(C)c1ccc(S(=O)(=O)O)cc1. The van der Waals surface area contributed by atoms with E-state index in [1.54, 1.807) is 19.1 Å². The molecule has 0 aromatic heterocycles. The second-order valence-electron chi connectivity index (χ2n) is 7.68. The van der Waals surface area contributed by atoms with Gasteiger partial charge in [0.2, 0.25) is 0 Å². The van der Waals surface area contributed by atoms with Crippen molar-refractivity contribution in [1.29, 1.82) is 0 Å². The van der Waals surface area contributed by atoms with Gasteiger partial charge in [-0.05, 0) is 57.2 Å². The van der Waals surface area contributed by atoms with Crippen LogP contribution in [0.5, 0.6) is 0 Å². The summed E-state index contributed by atoms with van der Waals surface area (Å²) in [5.41, 5.74) is 0.0868. The van der Waals surface area contributed by atoms with Crippen molar-refractivity contribution in [2.75, 3.05) is 0 Å². The van der Waals surface area contributed by atoms with Crippen molar-refractivity contribution >= 4 is 26.2 Å². The minimum absolute atomic E-state index is 0.0513. The third-order valence-corrected chi connectivity index (χ3v) is 6.78. The summed E-state index contributed by atoms with van der Waals surface area (Å²) >= 11 is 0. The van der Waals surface area contributed by atoms with Gasteiger partial charge in [0, 0.05) is 0 Å². The molecule has 0 saturated heterocycles. The number of hydrogen-bond acceptors (Lipinski definition) is 6. The molecule has 180 valence electrons. The molecule has 0 fully saturated rings. The van der Waals surface area contributed by atoms with Gasteiger partial charge in [0.25, 0.3) is 10.1 Å². The fourth-order valence-corrected chi connectivity index (χ4v) is 2.89. The Labute approximate surface area is 182 Å². The summed E-state index contributed by atoms with van der Waals surface area (Å²) < 4.78 is 89.9. The summed E-state index contributed by atoms with van der Waals surface area (Å²) in [5, 5.41) is -4.52. The Kier molecular flexibility index (Phi) is 10.2. The highest BCUT2D eigenvalue weighted by molar-refractivity contribution is 7.87. The number of esters is 1. The van der Waals surface area contributed by atoms with Crippen LogP contribution in [0.1, 0.15) is 65.9 Å². The van der Waals surface area contributed by atoms with E-state index in [1.165, 1.54) is 26.0 Å². The van der Waals surface area contributed by atoms with Gasteiger partial charge in [-0.25, -0.2) is 0 Å². The van der Waals surface area contributed by atoms with Gasteiger partial charge in [-0.1, -0.05) is 32.9 Å². The molecule has 12 heteroatoms. The molecule has 0 aliphatic carbocycles. The molecule has 1 aromatic rings. The van der Waals surface area contributed by atoms with Crippen molar-refractivity contribution in [2.45, 2.75) is 76.6 Å². The molecule has 2 atom stereocenters. The first-order valence-electron chi connectivity index (χ1n) is 9.44. The molecule has 31 heavy (non-hydrogen) atoms. The number of hydrogen-bond donors (Lipinski definition) is 2. The predicted molar refractivity (Wildman–Crippen MR) is 111 cm³/mol. The van der Waals surface area contributed by atoms with Gasteiger partial charge < -0.3 is 4.74 Å². The molecule has 0 aliphatic heterocycles. The van der Waals surface area contributed by atoms with Gasteiger partial charge in [-0.2, -0.15) is 25.6 Å². The highest BCUT2D eigenvalue weighted by atomic mass is 32.2. The average molecular weight is 489 g/mol. The fraction of sp³-hybridized carbons (Fsp3) is 0.632. The van der Waals surface area contributed by atoms with Gasteiger partial charge in [0.05, 0.1) is 10.3 Å². The largest absolute Gasteiger partial charge is 0.455 e. The quantitative estimate of drug-likeness (QED) is 0.409. The van der Waals surface area contributed by atoms with Gasteiger partial charge >= 0.3 is 21.3 Å². The van der Waals surface area contributed by atoms with Gasteiger partial charge in [-0.15, -0.1) is 0 Å². The maximum Gasteiger partial charge on any atom is 0.405 e. The van der Waals surface area contributed by atoms with Crippen molar-refractivity contribution in [1.82, 2.24) is 0 Å².